The lowest BCUT2D eigenvalue weighted by atomic mass is 10.1. The van der Waals surface area contributed by atoms with Gasteiger partial charge in [0, 0.05) is 27.2 Å². The van der Waals surface area contributed by atoms with Crippen LogP contribution >= 0.6 is 0 Å². The SMILES string of the molecule is CN(C)c1cc(N(Cc2ccccc2)Cc2ccccc2)c2nonc2c1[N+](=O)[O-]. The molecule has 8 heteroatoms. The fourth-order valence-electron chi connectivity index (χ4n) is 3.50. The highest BCUT2D eigenvalue weighted by atomic mass is 16.6. The van der Waals surface area contributed by atoms with Crippen molar-refractivity contribution in [2.24, 2.45) is 0 Å². The molecule has 152 valence electrons. The summed E-state index contributed by atoms with van der Waals surface area (Å²) in [6.45, 7) is 1.20. The van der Waals surface area contributed by atoms with Gasteiger partial charge in [-0.25, -0.2) is 4.63 Å². The van der Waals surface area contributed by atoms with Gasteiger partial charge in [-0.1, -0.05) is 60.7 Å². The maximum absolute atomic E-state index is 11.8. The Bertz CT molecular complexity index is 1120. The summed E-state index contributed by atoms with van der Waals surface area (Å²) in [7, 11) is 3.54. The fraction of sp³-hybridized carbons (Fsp3) is 0.182. The van der Waals surface area contributed by atoms with Crippen LogP contribution in [-0.2, 0) is 13.1 Å². The number of nitrogens with zero attached hydrogens (tertiary/aromatic N) is 5. The summed E-state index contributed by atoms with van der Waals surface area (Å²) < 4.78 is 4.93. The molecule has 0 saturated carbocycles. The minimum absolute atomic E-state index is 0.112. The normalized spacial score (nSPS) is 10.9. The summed E-state index contributed by atoms with van der Waals surface area (Å²) in [6.07, 6.45) is 0. The van der Waals surface area contributed by atoms with E-state index in [1.54, 1.807) is 25.1 Å². The Morgan fingerprint density at radius 1 is 0.867 bits per heavy atom. The molecule has 0 fully saturated rings. The number of rotatable bonds is 7. The van der Waals surface area contributed by atoms with E-state index in [1.165, 1.54) is 0 Å². The largest absolute Gasteiger partial charge is 0.372 e. The van der Waals surface area contributed by atoms with Gasteiger partial charge < -0.3 is 9.80 Å². The van der Waals surface area contributed by atoms with Crippen molar-refractivity contribution in [3.05, 3.63) is 88.0 Å². The Balaban J connectivity index is 1.88. The maximum Gasteiger partial charge on any atom is 0.323 e. The van der Waals surface area contributed by atoms with Crippen LogP contribution in [0.15, 0.2) is 71.4 Å². The van der Waals surface area contributed by atoms with Gasteiger partial charge in [0.1, 0.15) is 5.69 Å². The van der Waals surface area contributed by atoms with Crippen LogP contribution in [0.25, 0.3) is 11.0 Å². The molecule has 4 rings (SSSR count). The number of hydrogen-bond acceptors (Lipinski definition) is 7. The predicted molar refractivity (Wildman–Crippen MR) is 116 cm³/mol. The minimum atomic E-state index is -0.440. The van der Waals surface area contributed by atoms with E-state index in [0.29, 0.717) is 24.3 Å². The van der Waals surface area contributed by atoms with E-state index in [9.17, 15) is 10.1 Å². The summed E-state index contributed by atoms with van der Waals surface area (Å²) in [5, 5.41) is 19.6. The first kappa shape index (κ1) is 19.4. The molecule has 0 bridgehead atoms. The highest BCUT2D eigenvalue weighted by molar-refractivity contribution is 6.00. The summed E-state index contributed by atoms with van der Waals surface area (Å²) in [5.41, 5.74) is 3.81. The average Bonchev–Trinajstić information content (AvgIpc) is 3.23. The van der Waals surface area contributed by atoms with Crippen molar-refractivity contribution in [3.63, 3.8) is 0 Å². The standard InChI is InChI=1S/C22H21N5O3/c1-25(2)19-13-18(20-21(24-30-23-20)22(19)27(28)29)26(14-16-9-5-3-6-10-16)15-17-11-7-4-8-12-17/h3-13H,14-15H2,1-2H3. The van der Waals surface area contributed by atoms with Crippen LogP contribution in [-0.4, -0.2) is 29.3 Å². The maximum atomic E-state index is 11.8. The number of nitro benzene ring substituents is 1. The Labute approximate surface area is 173 Å². The second-order valence-corrected chi connectivity index (χ2v) is 7.20. The van der Waals surface area contributed by atoms with Crippen LogP contribution in [0.1, 0.15) is 11.1 Å². The summed E-state index contributed by atoms with van der Waals surface area (Å²) in [4.78, 5) is 15.2. The van der Waals surface area contributed by atoms with Crippen molar-refractivity contribution in [1.29, 1.82) is 0 Å². The van der Waals surface area contributed by atoms with Gasteiger partial charge in [-0.05, 0) is 27.5 Å². The van der Waals surface area contributed by atoms with Crippen LogP contribution in [0, 0.1) is 10.1 Å². The molecule has 0 unspecified atom stereocenters. The second kappa shape index (κ2) is 8.20. The Hall–Kier alpha value is -3.94. The molecular weight excluding hydrogens is 382 g/mol. The van der Waals surface area contributed by atoms with Crippen molar-refractivity contribution in [1.82, 2.24) is 10.3 Å². The first-order valence-corrected chi connectivity index (χ1v) is 9.48. The number of nitro groups is 1. The van der Waals surface area contributed by atoms with Crippen molar-refractivity contribution < 1.29 is 9.55 Å². The number of hydrogen-bond donors (Lipinski definition) is 0. The lowest BCUT2D eigenvalue weighted by Crippen LogP contribution is -2.23. The molecule has 1 aromatic heterocycles. The Morgan fingerprint density at radius 3 is 1.90 bits per heavy atom. The molecule has 3 aromatic carbocycles. The van der Waals surface area contributed by atoms with E-state index >= 15 is 0 Å². The summed E-state index contributed by atoms with van der Waals surface area (Å²) in [6, 6.07) is 21.9. The fourth-order valence-corrected chi connectivity index (χ4v) is 3.50. The monoisotopic (exact) mass is 403 g/mol. The predicted octanol–water partition coefficient (Wildman–Crippen LogP) is 4.40. The third-order valence-electron chi connectivity index (χ3n) is 4.91. The quantitative estimate of drug-likeness (QED) is 0.334. The first-order chi connectivity index (χ1) is 14.5. The molecule has 0 N–H and O–H groups in total. The molecule has 0 atom stereocenters. The van der Waals surface area contributed by atoms with E-state index in [-0.39, 0.29) is 11.2 Å². The molecule has 0 aliphatic heterocycles. The van der Waals surface area contributed by atoms with Gasteiger partial charge in [-0.3, -0.25) is 10.1 Å². The van der Waals surface area contributed by atoms with Crippen molar-refractivity contribution in [2.45, 2.75) is 13.1 Å². The van der Waals surface area contributed by atoms with Crippen LogP contribution in [0.2, 0.25) is 0 Å². The zero-order valence-corrected chi connectivity index (χ0v) is 16.7. The smallest absolute Gasteiger partial charge is 0.323 e. The van der Waals surface area contributed by atoms with Gasteiger partial charge >= 0.3 is 5.69 Å². The van der Waals surface area contributed by atoms with Gasteiger partial charge in [0.15, 0.2) is 5.52 Å². The van der Waals surface area contributed by atoms with E-state index in [1.807, 2.05) is 36.4 Å². The van der Waals surface area contributed by atoms with Gasteiger partial charge in [0.25, 0.3) is 0 Å². The molecular formula is C22H21N5O3. The van der Waals surface area contributed by atoms with E-state index in [4.69, 9.17) is 4.63 Å². The van der Waals surface area contributed by atoms with Crippen LogP contribution < -0.4 is 9.80 Å². The Morgan fingerprint density at radius 2 is 1.40 bits per heavy atom. The topological polar surface area (TPSA) is 88.5 Å². The van der Waals surface area contributed by atoms with E-state index < -0.39 is 4.92 Å². The van der Waals surface area contributed by atoms with Gasteiger partial charge in [-0.15, -0.1) is 0 Å². The molecule has 0 aliphatic carbocycles. The molecule has 0 spiro atoms. The number of fused-ring (bicyclic) bond motifs is 1. The zero-order chi connectivity index (χ0) is 21.1. The lowest BCUT2D eigenvalue weighted by Gasteiger charge is -2.26. The van der Waals surface area contributed by atoms with Crippen molar-refractivity contribution in [2.75, 3.05) is 23.9 Å². The van der Waals surface area contributed by atoms with Crippen LogP contribution in [0.4, 0.5) is 17.1 Å². The minimum Gasteiger partial charge on any atom is -0.372 e. The highest BCUT2D eigenvalue weighted by Crippen LogP contribution is 2.40. The van der Waals surface area contributed by atoms with Crippen LogP contribution in [0.3, 0.4) is 0 Å². The third kappa shape index (κ3) is 3.80. The highest BCUT2D eigenvalue weighted by Gasteiger charge is 2.28. The van der Waals surface area contributed by atoms with Crippen LogP contribution in [0.5, 0.6) is 0 Å². The molecule has 0 radical (unpaired) electrons. The Kier molecular flexibility index (Phi) is 5.30. The van der Waals surface area contributed by atoms with Crippen molar-refractivity contribution in [3.8, 4) is 0 Å². The number of anilines is 2. The average molecular weight is 403 g/mol. The zero-order valence-electron chi connectivity index (χ0n) is 16.7. The number of benzene rings is 3. The third-order valence-corrected chi connectivity index (χ3v) is 4.91. The van der Waals surface area contributed by atoms with Crippen molar-refractivity contribution >= 4 is 28.1 Å². The first-order valence-electron chi connectivity index (χ1n) is 9.48. The lowest BCUT2D eigenvalue weighted by molar-refractivity contribution is -0.382. The summed E-state index contributed by atoms with van der Waals surface area (Å²) >= 11 is 0. The molecule has 4 aromatic rings. The summed E-state index contributed by atoms with van der Waals surface area (Å²) in [5.74, 6) is 0. The number of aromatic nitrogens is 2. The van der Waals surface area contributed by atoms with E-state index in [2.05, 4.69) is 39.5 Å². The molecule has 0 aliphatic rings. The van der Waals surface area contributed by atoms with Gasteiger partial charge in [0.2, 0.25) is 5.52 Å². The van der Waals surface area contributed by atoms with Gasteiger partial charge in [-0.2, -0.15) is 0 Å². The molecule has 0 amide bonds. The van der Waals surface area contributed by atoms with Gasteiger partial charge in [0.05, 0.1) is 10.6 Å². The molecule has 8 nitrogen and oxygen atoms in total. The van der Waals surface area contributed by atoms with E-state index in [0.717, 1.165) is 16.8 Å². The second-order valence-electron chi connectivity index (χ2n) is 7.20. The molecule has 1 heterocycles. The molecule has 30 heavy (non-hydrogen) atoms. The molecule has 0 saturated heterocycles.